The third-order valence-corrected chi connectivity index (χ3v) is 4.41. The zero-order chi connectivity index (χ0) is 14.7. The zero-order valence-electron chi connectivity index (χ0n) is 12.9. The van der Waals surface area contributed by atoms with Crippen LogP contribution in [-0.2, 0) is 6.61 Å². The molecular weight excluding hydrogens is 252 g/mol. The molecular formula is C16H26N2O2. The molecule has 0 amide bonds. The van der Waals surface area contributed by atoms with E-state index in [1.807, 2.05) is 18.2 Å². The van der Waals surface area contributed by atoms with Crippen LogP contribution in [0.3, 0.4) is 0 Å². The first kappa shape index (κ1) is 15.1. The van der Waals surface area contributed by atoms with Crippen molar-refractivity contribution in [2.24, 2.45) is 5.92 Å². The normalized spacial score (nSPS) is 27.4. The third kappa shape index (κ3) is 3.25. The van der Waals surface area contributed by atoms with Crippen LogP contribution in [0, 0.1) is 5.92 Å². The number of nitrogens with zero attached hydrogens (tertiary/aromatic N) is 1. The average Bonchev–Trinajstić information content (AvgIpc) is 2.44. The second-order valence-electron chi connectivity index (χ2n) is 5.94. The van der Waals surface area contributed by atoms with Gasteiger partial charge in [0, 0.05) is 29.9 Å². The summed E-state index contributed by atoms with van der Waals surface area (Å²) in [5.74, 6) is 1.35. The van der Waals surface area contributed by atoms with E-state index >= 15 is 0 Å². The van der Waals surface area contributed by atoms with Gasteiger partial charge in [0.15, 0.2) is 0 Å². The van der Waals surface area contributed by atoms with Crippen molar-refractivity contribution in [3.8, 4) is 5.75 Å². The van der Waals surface area contributed by atoms with Gasteiger partial charge < -0.3 is 20.1 Å². The highest BCUT2D eigenvalue weighted by Crippen LogP contribution is 2.27. The number of aliphatic hydroxyl groups excluding tert-OH is 1. The molecule has 2 N–H and O–H groups in total. The quantitative estimate of drug-likeness (QED) is 0.887. The molecule has 1 aliphatic heterocycles. The Morgan fingerprint density at radius 2 is 2.15 bits per heavy atom. The predicted octanol–water partition coefficient (Wildman–Crippen LogP) is 2.33. The number of rotatable bonds is 4. The van der Waals surface area contributed by atoms with Gasteiger partial charge in [-0.05, 0) is 44.5 Å². The van der Waals surface area contributed by atoms with Crippen LogP contribution in [0.15, 0.2) is 18.2 Å². The summed E-state index contributed by atoms with van der Waals surface area (Å²) < 4.78 is 5.24. The van der Waals surface area contributed by atoms with Gasteiger partial charge in [0.25, 0.3) is 0 Å². The van der Waals surface area contributed by atoms with Gasteiger partial charge in [-0.25, -0.2) is 0 Å². The number of aliphatic hydroxyl groups is 1. The van der Waals surface area contributed by atoms with Crippen LogP contribution < -0.4 is 10.1 Å². The van der Waals surface area contributed by atoms with Crippen LogP contribution in [-0.4, -0.2) is 42.8 Å². The summed E-state index contributed by atoms with van der Waals surface area (Å²) in [5, 5.41) is 13.0. The smallest absolute Gasteiger partial charge is 0.124 e. The number of likely N-dealkylation sites (tertiary alicyclic amines) is 1. The largest absolute Gasteiger partial charge is 0.496 e. The maximum atomic E-state index is 9.39. The highest BCUT2D eigenvalue weighted by Gasteiger charge is 2.28. The lowest BCUT2D eigenvalue weighted by Gasteiger charge is -2.40. The molecule has 1 fully saturated rings. The summed E-state index contributed by atoms with van der Waals surface area (Å²) in [6.45, 7) is 5.67. The maximum absolute atomic E-state index is 9.39. The van der Waals surface area contributed by atoms with Crippen LogP contribution in [0.4, 0.5) is 5.69 Å². The van der Waals surface area contributed by atoms with Crippen LogP contribution >= 0.6 is 0 Å². The Labute approximate surface area is 121 Å². The summed E-state index contributed by atoms with van der Waals surface area (Å²) in [6.07, 6.45) is 1.14. The Morgan fingerprint density at radius 1 is 1.40 bits per heavy atom. The first-order chi connectivity index (χ1) is 9.55. The summed E-state index contributed by atoms with van der Waals surface area (Å²) in [4.78, 5) is 2.41. The Balaban J connectivity index is 2.09. The van der Waals surface area contributed by atoms with Gasteiger partial charge in [0.1, 0.15) is 5.75 Å². The third-order valence-electron chi connectivity index (χ3n) is 4.41. The number of piperidine rings is 1. The van der Waals surface area contributed by atoms with Crippen molar-refractivity contribution in [3.05, 3.63) is 23.8 Å². The second kappa shape index (κ2) is 6.46. The Bertz CT molecular complexity index is 450. The molecule has 0 spiro atoms. The van der Waals surface area contributed by atoms with Gasteiger partial charge in [-0.2, -0.15) is 0 Å². The summed E-state index contributed by atoms with van der Waals surface area (Å²) in [7, 11) is 3.82. The molecule has 20 heavy (non-hydrogen) atoms. The molecule has 3 unspecified atom stereocenters. The topological polar surface area (TPSA) is 44.7 Å². The Hall–Kier alpha value is -1.26. The SMILES string of the molecule is COc1ccc(NC2CC(C)N(C)CC2C)cc1CO. The minimum Gasteiger partial charge on any atom is -0.496 e. The predicted molar refractivity (Wildman–Crippen MR) is 82.2 cm³/mol. The molecule has 0 saturated carbocycles. The van der Waals surface area contributed by atoms with Gasteiger partial charge in [-0.15, -0.1) is 0 Å². The fourth-order valence-electron chi connectivity index (χ4n) is 2.95. The number of hydrogen-bond acceptors (Lipinski definition) is 4. The van der Waals surface area contributed by atoms with E-state index in [9.17, 15) is 5.11 Å². The molecule has 1 saturated heterocycles. The molecule has 112 valence electrons. The maximum Gasteiger partial charge on any atom is 0.124 e. The van der Waals surface area contributed by atoms with Crippen LogP contribution in [0.2, 0.25) is 0 Å². The lowest BCUT2D eigenvalue weighted by atomic mass is 9.89. The van der Waals surface area contributed by atoms with E-state index in [4.69, 9.17) is 4.74 Å². The van der Waals surface area contributed by atoms with Gasteiger partial charge >= 0.3 is 0 Å². The van der Waals surface area contributed by atoms with Crippen molar-refractivity contribution in [2.45, 2.75) is 39.0 Å². The van der Waals surface area contributed by atoms with Crippen molar-refractivity contribution < 1.29 is 9.84 Å². The number of benzene rings is 1. The van der Waals surface area contributed by atoms with Crippen LogP contribution in [0.25, 0.3) is 0 Å². The van der Waals surface area contributed by atoms with Gasteiger partial charge in [-0.3, -0.25) is 0 Å². The lowest BCUT2D eigenvalue weighted by Crippen LogP contribution is -2.48. The molecule has 0 bridgehead atoms. The Kier molecular flexibility index (Phi) is 4.89. The van der Waals surface area contributed by atoms with Crippen molar-refractivity contribution in [3.63, 3.8) is 0 Å². The molecule has 4 nitrogen and oxygen atoms in total. The van der Waals surface area contributed by atoms with Crippen LogP contribution in [0.1, 0.15) is 25.8 Å². The number of hydrogen-bond donors (Lipinski definition) is 2. The minimum absolute atomic E-state index is 0.00193. The van der Waals surface area contributed by atoms with Crippen molar-refractivity contribution in [1.29, 1.82) is 0 Å². The van der Waals surface area contributed by atoms with Gasteiger partial charge in [-0.1, -0.05) is 6.92 Å². The van der Waals surface area contributed by atoms with E-state index in [1.165, 1.54) is 0 Å². The number of methoxy groups -OCH3 is 1. The molecule has 1 aromatic carbocycles. The molecule has 0 aliphatic carbocycles. The number of ether oxygens (including phenoxy) is 1. The van der Waals surface area contributed by atoms with E-state index in [2.05, 4.69) is 31.1 Å². The summed E-state index contributed by atoms with van der Waals surface area (Å²) in [5.41, 5.74) is 1.88. The Morgan fingerprint density at radius 3 is 2.80 bits per heavy atom. The van der Waals surface area contributed by atoms with E-state index in [-0.39, 0.29) is 6.61 Å². The molecule has 4 heteroatoms. The van der Waals surface area contributed by atoms with Crippen LogP contribution in [0.5, 0.6) is 5.75 Å². The second-order valence-corrected chi connectivity index (χ2v) is 5.94. The number of anilines is 1. The average molecular weight is 278 g/mol. The lowest BCUT2D eigenvalue weighted by molar-refractivity contribution is 0.145. The highest BCUT2D eigenvalue weighted by atomic mass is 16.5. The number of nitrogens with one attached hydrogen (secondary N) is 1. The van der Waals surface area contributed by atoms with E-state index < -0.39 is 0 Å². The summed E-state index contributed by atoms with van der Waals surface area (Å²) in [6, 6.07) is 6.99. The monoisotopic (exact) mass is 278 g/mol. The fraction of sp³-hybridized carbons (Fsp3) is 0.625. The fourth-order valence-corrected chi connectivity index (χ4v) is 2.95. The highest BCUT2D eigenvalue weighted by molar-refractivity contribution is 5.51. The molecule has 0 aromatic heterocycles. The minimum atomic E-state index is -0.00193. The van der Waals surface area contributed by atoms with E-state index in [0.717, 1.165) is 30.0 Å². The van der Waals surface area contributed by atoms with E-state index in [1.54, 1.807) is 7.11 Å². The molecule has 3 atom stereocenters. The van der Waals surface area contributed by atoms with Crippen molar-refractivity contribution >= 4 is 5.69 Å². The molecule has 1 aliphatic rings. The van der Waals surface area contributed by atoms with Crippen molar-refractivity contribution in [2.75, 3.05) is 26.0 Å². The molecule has 0 radical (unpaired) electrons. The molecule has 2 rings (SSSR count). The standard InChI is InChI=1S/C16H26N2O2/c1-11-9-18(3)12(2)7-15(11)17-14-5-6-16(20-4)13(8-14)10-19/h5-6,8,11-12,15,17,19H,7,9-10H2,1-4H3. The zero-order valence-corrected chi connectivity index (χ0v) is 12.9. The first-order valence-electron chi connectivity index (χ1n) is 7.29. The molecule has 1 heterocycles. The van der Waals surface area contributed by atoms with E-state index in [0.29, 0.717) is 18.0 Å². The van der Waals surface area contributed by atoms with Crippen molar-refractivity contribution in [1.82, 2.24) is 4.90 Å². The summed E-state index contributed by atoms with van der Waals surface area (Å²) >= 11 is 0. The molecule has 1 aromatic rings. The first-order valence-corrected chi connectivity index (χ1v) is 7.29. The van der Waals surface area contributed by atoms with Gasteiger partial charge in [0.2, 0.25) is 0 Å². The van der Waals surface area contributed by atoms with Gasteiger partial charge in [0.05, 0.1) is 13.7 Å².